The quantitative estimate of drug-likeness (QED) is 0.831. The fourth-order valence-corrected chi connectivity index (χ4v) is 2.68. The second kappa shape index (κ2) is 7.49. The summed E-state index contributed by atoms with van der Waals surface area (Å²) in [4.78, 5) is 14.5. The minimum Gasteiger partial charge on any atom is -0.379 e. The Hall–Kier alpha value is -1.34. The number of ether oxygens (including phenoxy) is 1. The lowest BCUT2D eigenvalue weighted by molar-refractivity contribution is -0.138. The van der Waals surface area contributed by atoms with Crippen LogP contribution in [0.15, 0.2) is 17.1 Å². The number of halogens is 3. The first-order valence-corrected chi connectivity index (χ1v) is 7.90. The van der Waals surface area contributed by atoms with Gasteiger partial charge < -0.3 is 9.30 Å². The van der Waals surface area contributed by atoms with Crippen LogP contribution in [0.5, 0.6) is 0 Å². The molecule has 0 aromatic carbocycles. The highest BCUT2D eigenvalue weighted by Gasteiger charge is 2.32. The van der Waals surface area contributed by atoms with Crippen molar-refractivity contribution in [2.75, 3.05) is 32.8 Å². The van der Waals surface area contributed by atoms with Gasteiger partial charge >= 0.3 is 6.18 Å². The average molecular weight is 332 g/mol. The first kappa shape index (κ1) is 18.0. The largest absolute Gasteiger partial charge is 0.417 e. The van der Waals surface area contributed by atoms with Gasteiger partial charge in [-0.2, -0.15) is 13.2 Å². The zero-order valence-electron chi connectivity index (χ0n) is 13.5. The second-order valence-electron chi connectivity index (χ2n) is 6.14. The lowest BCUT2D eigenvalue weighted by Crippen LogP contribution is -2.37. The van der Waals surface area contributed by atoms with E-state index in [1.165, 1.54) is 4.57 Å². The third kappa shape index (κ3) is 4.81. The highest BCUT2D eigenvalue weighted by molar-refractivity contribution is 5.24. The summed E-state index contributed by atoms with van der Waals surface area (Å²) >= 11 is 0. The smallest absolute Gasteiger partial charge is 0.379 e. The molecule has 1 fully saturated rings. The van der Waals surface area contributed by atoms with Crippen molar-refractivity contribution < 1.29 is 17.9 Å². The molecule has 7 heteroatoms. The van der Waals surface area contributed by atoms with Gasteiger partial charge in [0.15, 0.2) is 0 Å². The van der Waals surface area contributed by atoms with E-state index in [2.05, 4.69) is 4.90 Å². The summed E-state index contributed by atoms with van der Waals surface area (Å²) in [6.07, 6.45) is -2.87. The van der Waals surface area contributed by atoms with E-state index in [-0.39, 0.29) is 17.0 Å². The van der Waals surface area contributed by atoms with Crippen molar-refractivity contribution in [2.24, 2.45) is 0 Å². The van der Waals surface area contributed by atoms with Gasteiger partial charge in [0.05, 0.1) is 18.8 Å². The molecule has 1 saturated heterocycles. The summed E-state index contributed by atoms with van der Waals surface area (Å²) in [5, 5.41) is 0. The van der Waals surface area contributed by atoms with E-state index in [4.69, 9.17) is 4.74 Å². The summed E-state index contributed by atoms with van der Waals surface area (Å²) in [6, 6.07) is 0.978. The molecule has 0 N–H and O–H groups in total. The van der Waals surface area contributed by atoms with Gasteiger partial charge in [-0.15, -0.1) is 0 Å². The van der Waals surface area contributed by atoms with E-state index in [0.717, 1.165) is 31.9 Å². The maximum Gasteiger partial charge on any atom is 0.417 e. The molecule has 2 heterocycles. The topological polar surface area (TPSA) is 34.5 Å². The zero-order chi connectivity index (χ0) is 17.0. The predicted octanol–water partition coefficient (Wildman–Crippen LogP) is 2.71. The molecular formula is C16H23F3N2O2. The van der Waals surface area contributed by atoms with Crippen molar-refractivity contribution in [3.8, 4) is 0 Å². The molecule has 0 saturated carbocycles. The van der Waals surface area contributed by atoms with Crippen molar-refractivity contribution in [2.45, 2.75) is 38.9 Å². The molecular weight excluding hydrogens is 309 g/mol. The Balaban J connectivity index is 2.13. The van der Waals surface area contributed by atoms with Crippen LogP contribution in [0.1, 0.15) is 37.3 Å². The van der Waals surface area contributed by atoms with Crippen molar-refractivity contribution in [3.05, 3.63) is 33.7 Å². The Labute approximate surface area is 133 Å². The van der Waals surface area contributed by atoms with Gasteiger partial charge in [-0.25, -0.2) is 0 Å². The number of aryl methyl sites for hydroxylation is 1. The number of hydrogen-bond acceptors (Lipinski definition) is 3. The van der Waals surface area contributed by atoms with E-state index in [9.17, 15) is 18.0 Å². The predicted molar refractivity (Wildman–Crippen MR) is 81.7 cm³/mol. The molecule has 2 rings (SSSR count). The Morgan fingerprint density at radius 2 is 1.87 bits per heavy atom. The molecule has 0 amide bonds. The maximum absolute atomic E-state index is 13.0. The minimum atomic E-state index is -4.44. The van der Waals surface area contributed by atoms with Crippen LogP contribution in [-0.4, -0.2) is 42.3 Å². The molecule has 0 spiro atoms. The Morgan fingerprint density at radius 3 is 2.43 bits per heavy atom. The summed E-state index contributed by atoms with van der Waals surface area (Å²) in [6.45, 7) is 7.53. The fourth-order valence-electron chi connectivity index (χ4n) is 2.68. The van der Waals surface area contributed by atoms with Gasteiger partial charge in [-0.1, -0.05) is 13.8 Å². The molecule has 4 nitrogen and oxygen atoms in total. The van der Waals surface area contributed by atoms with E-state index < -0.39 is 11.7 Å². The highest BCUT2D eigenvalue weighted by atomic mass is 19.4. The summed E-state index contributed by atoms with van der Waals surface area (Å²) in [5.74, 6) is -0.240. The second-order valence-corrected chi connectivity index (χ2v) is 6.14. The van der Waals surface area contributed by atoms with Crippen LogP contribution in [0.2, 0.25) is 0 Å². The summed E-state index contributed by atoms with van der Waals surface area (Å²) in [5.41, 5.74) is -0.867. The summed E-state index contributed by atoms with van der Waals surface area (Å²) < 4.78 is 45.5. The first-order valence-electron chi connectivity index (χ1n) is 7.90. The van der Waals surface area contributed by atoms with Crippen molar-refractivity contribution in [1.82, 2.24) is 9.47 Å². The lowest BCUT2D eigenvalue weighted by atomic mass is 10.0. The molecule has 0 radical (unpaired) electrons. The highest BCUT2D eigenvalue weighted by Crippen LogP contribution is 2.30. The molecule has 1 aromatic heterocycles. The molecule has 0 aliphatic carbocycles. The van der Waals surface area contributed by atoms with Gasteiger partial charge in [-0.3, -0.25) is 9.69 Å². The SMILES string of the molecule is CC(C)c1cc(C(F)(F)F)cn(CCCN2CCOCC2)c1=O. The number of nitrogens with zero attached hydrogens (tertiary/aromatic N) is 2. The van der Waals surface area contributed by atoms with Gasteiger partial charge in [0, 0.05) is 37.9 Å². The molecule has 1 aliphatic heterocycles. The first-order chi connectivity index (χ1) is 10.8. The third-order valence-electron chi connectivity index (χ3n) is 4.04. The number of aromatic nitrogens is 1. The number of hydrogen-bond donors (Lipinski definition) is 0. The van der Waals surface area contributed by atoms with Gasteiger partial charge in [0.2, 0.25) is 0 Å². The Morgan fingerprint density at radius 1 is 1.22 bits per heavy atom. The monoisotopic (exact) mass is 332 g/mol. The normalized spacial score (nSPS) is 17.0. The van der Waals surface area contributed by atoms with Crippen LogP contribution in [0, 0.1) is 0 Å². The van der Waals surface area contributed by atoms with Crippen LogP contribution in [0.25, 0.3) is 0 Å². The van der Waals surface area contributed by atoms with Gasteiger partial charge in [-0.05, 0) is 18.4 Å². The van der Waals surface area contributed by atoms with Gasteiger partial charge in [0.25, 0.3) is 5.56 Å². The number of rotatable bonds is 5. The molecule has 0 atom stereocenters. The summed E-state index contributed by atoms with van der Waals surface area (Å²) in [7, 11) is 0. The molecule has 0 bridgehead atoms. The molecule has 0 unspecified atom stereocenters. The van der Waals surface area contributed by atoms with E-state index in [1.807, 2.05) is 0 Å². The lowest BCUT2D eigenvalue weighted by Gasteiger charge is -2.26. The molecule has 130 valence electrons. The van der Waals surface area contributed by atoms with Crippen LogP contribution in [0.3, 0.4) is 0 Å². The van der Waals surface area contributed by atoms with E-state index in [1.54, 1.807) is 13.8 Å². The molecule has 1 aromatic rings. The van der Waals surface area contributed by atoms with Crippen molar-refractivity contribution in [1.29, 1.82) is 0 Å². The fraction of sp³-hybridized carbons (Fsp3) is 0.688. The van der Waals surface area contributed by atoms with E-state index in [0.29, 0.717) is 26.2 Å². The number of alkyl halides is 3. The third-order valence-corrected chi connectivity index (χ3v) is 4.04. The van der Waals surface area contributed by atoms with Crippen LogP contribution in [0.4, 0.5) is 13.2 Å². The molecule has 23 heavy (non-hydrogen) atoms. The number of pyridine rings is 1. The molecule has 1 aliphatic rings. The average Bonchev–Trinajstić information content (AvgIpc) is 2.48. The standard InChI is InChI=1S/C16H23F3N2O2/c1-12(2)14-10-13(16(17,18)19)11-21(15(14)22)5-3-4-20-6-8-23-9-7-20/h10-12H,3-9H2,1-2H3. The van der Waals surface area contributed by atoms with Crippen LogP contribution >= 0.6 is 0 Å². The van der Waals surface area contributed by atoms with Crippen molar-refractivity contribution >= 4 is 0 Å². The maximum atomic E-state index is 13.0. The number of morpholine rings is 1. The Bertz CT molecular complexity index is 576. The Kier molecular flexibility index (Phi) is 5.86. The minimum absolute atomic E-state index is 0.214. The van der Waals surface area contributed by atoms with Gasteiger partial charge in [0.1, 0.15) is 0 Å². The van der Waals surface area contributed by atoms with Crippen LogP contribution in [-0.2, 0) is 17.5 Å². The van der Waals surface area contributed by atoms with E-state index >= 15 is 0 Å². The van der Waals surface area contributed by atoms with Crippen LogP contribution < -0.4 is 5.56 Å². The van der Waals surface area contributed by atoms with Crippen molar-refractivity contribution in [3.63, 3.8) is 0 Å². The zero-order valence-corrected chi connectivity index (χ0v) is 13.5.